The first-order valence-corrected chi connectivity index (χ1v) is 7.76. The van der Waals surface area contributed by atoms with Gasteiger partial charge >= 0.3 is 0 Å². The van der Waals surface area contributed by atoms with Gasteiger partial charge in [0.15, 0.2) is 0 Å². The molecule has 0 bridgehead atoms. The molecule has 3 nitrogen and oxygen atoms in total. The number of rotatable bonds is 8. The Kier molecular flexibility index (Phi) is 7.20. The smallest absolute Gasteiger partial charge is 0.0593 e. The molecule has 0 aromatic heterocycles. The van der Waals surface area contributed by atoms with Crippen LogP contribution in [0.1, 0.15) is 59.3 Å². The van der Waals surface area contributed by atoms with Gasteiger partial charge in [-0.25, -0.2) is 0 Å². The third-order valence-corrected chi connectivity index (χ3v) is 4.47. The summed E-state index contributed by atoms with van der Waals surface area (Å²) in [7, 11) is 0. The molecule has 0 radical (unpaired) electrons. The molecular weight excluding hydrogens is 224 g/mol. The summed E-state index contributed by atoms with van der Waals surface area (Å²) in [6, 6.07) is 0. The van der Waals surface area contributed by atoms with E-state index in [2.05, 4.69) is 26.1 Å². The van der Waals surface area contributed by atoms with Crippen LogP contribution in [0.4, 0.5) is 0 Å². The molecule has 1 rings (SSSR count). The predicted molar refractivity (Wildman–Crippen MR) is 77.7 cm³/mol. The molecule has 1 aliphatic heterocycles. The maximum absolute atomic E-state index is 6.05. The SMILES string of the molecule is CCCC1CC(CN)(NCC(CC)CC)CCO1. The van der Waals surface area contributed by atoms with E-state index in [0.29, 0.717) is 6.10 Å². The molecule has 3 N–H and O–H groups in total. The Bertz CT molecular complexity index is 217. The highest BCUT2D eigenvalue weighted by molar-refractivity contribution is 4.94. The number of hydrogen-bond acceptors (Lipinski definition) is 3. The molecule has 0 aliphatic carbocycles. The normalized spacial score (nSPS) is 28.8. The summed E-state index contributed by atoms with van der Waals surface area (Å²) in [6.45, 7) is 9.46. The number of hydrogen-bond donors (Lipinski definition) is 2. The van der Waals surface area contributed by atoms with Crippen LogP contribution in [0.15, 0.2) is 0 Å². The fourth-order valence-corrected chi connectivity index (χ4v) is 2.88. The zero-order valence-corrected chi connectivity index (χ0v) is 12.5. The zero-order chi connectivity index (χ0) is 13.4. The molecule has 2 unspecified atom stereocenters. The zero-order valence-electron chi connectivity index (χ0n) is 12.5. The van der Waals surface area contributed by atoms with Crippen molar-refractivity contribution in [3.8, 4) is 0 Å². The number of nitrogens with one attached hydrogen (secondary N) is 1. The van der Waals surface area contributed by atoms with Gasteiger partial charge in [-0.05, 0) is 31.7 Å². The molecule has 0 aromatic carbocycles. The third-order valence-electron chi connectivity index (χ3n) is 4.47. The minimum absolute atomic E-state index is 0.126. The van der Waals surface area contributed by atoms with E-state index in [1.165, 1.54) is 19.3 Å². The Labute approximate surface area is 113 Å². The molecule has 3 heteroatoms. The van der Waals surface area contributed by atoms with E-state index < -0.39 is 0 Å². The minimum Gasteiger partial charge on any atom is -0.378 e. The van der Waals surface area contributed by atoms with E-state index in [0.717, 1.165) is 44.9 Å². The summed E-state index contributed by atoms with van der Waals surface area (Å²) >= 11 is 0. The predicted octanol–water partition coefficient (Wildman–Crippen LogP) is 2.69. The largest absolute Gasteiger partial charge is 0.378 e. The van der Waals surface area contributed by atoms with Crippen LogP contribution in [0.3, 0.4) is 0 Å². The molecule has 0 saturated carbocycles. The van der Waals surface area contributed by atoms with Gasteiger partial charge in [0.2, 0.25) is 0 Å². The molecule has 0 spiro atoms. The lowest BCUT2D eigenvalue weighted by Gasteiger charge is -2.42. The fourth-order valence-electron chi connectivity index (χ4n) is 2.88. The lowest BCUT2D eigenvalue weighted by Crippen LogP contribution is -2.57. The second-order valence-electron chi connectivity index (χ2n) is 5.78. The van der Waals surface area contributed by atoms with Crippen LogP contribution in [0.25, 0.3) is 0 Å². The molecular formula is C15H32N2O. The molecule has 1 saturated heterocycles. The molecule has 1 aliphatic rings. The van der Waals surface area contributed by atoms with Gasteiger partial charge in [0.1, 0.15) is 0 Å². The first kappa shape index (κ1) is 15.9. The maximum Gasteiger partial charge on any atom is 0.0593 e. The Balaban J connectivity index is 2.50. The quantitative estimate of drug-likeness (QED) is 0.702. The van der Waals surface area contributed by atoms with Crippen molar-refractivity contribution in [3.63, 3.8) is 0 Å². The standard InChI is InChI=1S/C15H32N2O/c1-4-7-14-10-15(12-16,8-9-18-14)17-11-13(5-2)6-3/h13-14,17H,4-12,16H2,1-3H3. The van der Waals surface area contributed by atoms with E-state index in [-0.39, 0.29) is 5.54 Å². The second-order valence-corrected chi connectivity index (χ2v) is 5.78. The van der Waals surface area contributed by atoms with E-state index in [1.54, 1.807) is 0 Å². The first-order chi connectivity index (χ1) is 8.69. The lowest BCUT2D eigenvalue weighted by molar-refractivity contribution is -0.0315. The topological polar surface area (TPSA) is 47.3 Å². The van der Waals surface area contributed by atoms with Gasteiger partial charge in [-0.15, -0.1) is 0 Å². The number of nitrogens with two attached hydrogens (primary N) is 1. The van der Waals surface area contributed by atoms with Gasteiger partial charge in [0, 0.05) is 18.7 Å². The van der Waals surface area contributed by atoms with Crippen LogP contribution < -0.4 is 11.1 Å². The van der Waals surface area contributed by atoms with E-state index in [9.17, 15) is 0 Å². The van der Waals surface area contributed by atoms with Crippen molar-refractivity contribution in [1.82, 2.24) is 5.32 Å². The van der Waals surface area contributed by atoms with Crippen molar-refractivity contribution in [2.75, 3.05) is 19.7 Å². The third kappa shape index (κ3) is 4.52. The molecule has 18 heavy (non-hydrogen) atoms. The molecule has 0 amide bonds. The lowest BCUT2D eigenvalue weighted by atomic mass is 9.84. The molecule has 0 aromatic rings. The van der Waals surface area contributed by atoms with Crippen molar-refractivity contribution in [1.29, 1.82) is 0 Å². The van der Waals surface area contributed by atoms with Crippen molar-refractivity contribution in [3.05, 3.63) is 0 Å². The highest BCUT2D eigenvalue weighted by atomic mass is 16.5. The summed E-state index contributed by atoms with van der Waals surface area (Å²) in [4.78, 5) is 0. The Hall–Kier alpha value is -0.120. The Morgan fingerprint density at radius 2 is 2.06 bits per heavy atom. The van der Waals surface area contributed by atoms with Crippen LogP contribution in [0.5, 0.6) is 0 Å². The van der Waals surface area contributed by atoms with Crippen LogP contribution in [0, 0.1) is 5.92 Å². The summed E-state index contributed by atoms with van der Waals surface area (Å²) < 4.78 is 5.84. The fraction of sp³-hybridized carbons (Fsp3) is 1.00. The van der Waals surface area contributed by atoms with Crippen molar-refractivity contribution in [2.24, 2.45) is 11.7 Å². The van der Waals surface area contributed by atoms with Crippen molar-refractivity contribution in [2.45, 2.75) is 70.9 Å². The van der Waals surface area contributed by atoms with Crippen LogP contribution in [0.2, 0.25) is 0 Å². The van der Waals surface area contributed by atoms with E-state index in [1.807, 2.05) is 0 Å². The Morgan fingerprint density at radius 3 is 2.61 bits per heavy atom. The van der Waals surface area contributed by atoms with Gasteiger partial charge < -0.3 is 15.8 Å². The summed E-state index contributed by atoms with van der Waals surface area (Å²) in [5.74, 6) is 0.779. The highest BCUT2D eigenvalue weighted by Gasteiger charge is 2.35. The highest BCUT2D eigenvalue weighted by Crippen LogP contribution is 2.27. The molecule has 1 heterocycles. The van der Waals surface area contributed by atoms with E-state index in [4.69, 9.17) is 10.5 Å². The minimum atomic E-state index is 0.126. The average Bonchev–Trinajstić information content (AvgIpc) is 2.41. The second kappa shape index (κ2) is 8.13. The van der Waals surface area contributed by atoms with Crippen LogP contribution in [-0.2, 0) is 4.74 Å². The van der Waals surface area contributed by atoms with Crippen molar-refractivity contribution >= 4 is 0 Å². The maximum atomic E-state index is 6.05. The van der Waals surface area contributed by atoms with Crippen LogP contribution in [-0.4, -0.2) is 31.3 Å². The Morgan fingerprint density at radius 1 is 1.33 bits per heavy atom. The van der Waals surface area contributed by atoms with Gasteiger partial charge in [-0.1, -0.05) is 40.0 Å². The van der Waals surface area contributed by atoms with E-state index >= 15 is 0 Å². The molecule has 1 fully saturated rings. The van der Waals surface area contributed by atoms with Crippen LogP contribution >= 0.6 is 0 Å². The summed E-state index contributed by atoms with van der Waals surface area (Å²) in [6.07, 6.45) is 7.40. The molecule has 2 atom stereocenters. The van der Waals surface area contributed by atoms with Gasteiger partial charge in [0.05, 0.1) is 6.10 Å². The van der Waals surface area contributed by atoms with Crippen molar-refractivity contribution < 1.29 is 4.74 Å². The average molecular weight is 256 g/mol. The van der Waals surface area contributed by atoms with Gasteiger partial charge in [-0.2, -0.15) is 0 Å². The summed E-state index contributed by atoms with van der Waals surface area (Å²) in [5, 5.41) is 3.77. The number of ether oxygens (including phenoxy) is 1. The van der Waals surface area contributed by atoms with Gasteiger partial charge in [-0.3, -0.25) is 0 Å². The molecule has 108 valence electrons. The first-order valence-electron chi connectivity index (χ1n) is 7.76. The monoisotopic (exact) mass is 256 g/mol. The van der Waals surface area contributed by atoms with Gasteiger partial charge in [0.25, 0.3) is 0 Å². The summed E-state index contributed by atoms with van der Waals surface area (Å²) in [5.41, 5.74) is 6.17.